The normalized spacial score (nSPS) is 14.0. The number of piperazine rings is 1. The molecule has 5 amide bonds. The van der Waals surface area contributed by atoms with E-state index in [9.17, 15) is 19.2 Å². The number of urea groups is 1. The number of likely N-dealkylation sites (N-methyl/N-ethyl adjacent to an activating group) is 2. The van der Waals surface area contributed by atoms with Gasteiger partial charge in [-0.1, -0.05) is 79.9 Å². The molecule has 0 radical (unpaired) electrons. The number of ether oxygens (including phenoxy) is 5. The van der Waals surface area contributed by atoms with Crippen LogP contribution in [0.4, 0.5) is 15.6 Å². The van der Waals surface area contributed by atoms with Gasteiger partial charge in [-0.2, -0.15) is 0 Å². The summed E-state index contributed by atoms with van der Waals surface area (Å²) < 4.78 is 31.0. The van der Waals surface area contributed by atoms with Crippen molar-refractivity contribution in [3.05, 3.63) is 149 Å². The second-order valence-electron chi connectivity index (χ2n) is 21.0. The van der Waals surface area contributed by atoms with E-state index in [2.05, 4.69) is 74.2 Å². The maximum absolute atomic E-state index is 14.0. The number of hydrogen-bond donors (Lipinski definition) is 3. The van der Waals surface area contributed by atoms with E-state index in [1.54, 1.807) is 46.5 Å². The number of carbonyl (C=O) groups is 4. The number of amides is 5. The van der Waals surface area contributed by atoms with E-state index in [0.717, 1.165) is 92.0 Å². The van der Waals surface area contributed by atoms with Crippen LogP contribution in [0.3, 0.4) is 0 Å². The zero-order valence-corrected chi connectivity index (χ0v) is 50.0. The van der Waals surface area contributed by atoms with Gasteiger partial charge in [0.05, 0.1) is 70.6 Å². The average molecular weight is 1170 g/mol. The third kappa shape index (κ3) is 22.4. The standard InChI is InChI=1S/C63H85N11O9S/c1-6-12-49(8-3)45-64-61(77)60(51-14-11-13-48(7-2)43-51)74(55-20-21-55)58(75)26-17-50-15-22-56(23-16-50)82-35-10-9-28-70(4)33-37-80-40-39-79-36-27-53-46-73(69-68-53)34-38-81-41-42-83-57-24-18-52(19-25-57)65-62(78)67-63-66-54(47-84-63)44-59(76)72-31-29-71(5)30-32-72/h6,8,11-16,18-19,22-25,43,46-47,55,60H,1,3,7,9-10,17,20-21,26-42,44-45H2,2,4-5H3,(H,64,77)(H2,65,66,67,78)/b49-12+. The van der Waals surface area contributed by atoms with E-state index in [-0.39, 0.29) is 30.2 Å². The molecule has 1 atom stereocenters. The van der Waals surface area contributed by atoms with Gasteiger partial charge < -0.3 is 53.9 Å². The molecule has 1 saturated carbocycles. The van der Waals surface area contributed by atoms with Gasteiger partial charge in [-0.05, 0) is 118 Å². The quantitative estimate of drug-likeness (QED) is 0.0255. The lowest BCUT2D eigenvalue weighted by atomic mass is 9.99. The summed E-state index contributed by atoms with van der Waals surface area (Å²) in [6.45, 7) is 19.5. The number of rotatable bonds is 38. The molecule has 21 heteroatoms. The minimum Gasteiger partial charge on any atom is -0.494 e. The Balaban J connectivity index is 0.664. The largest absolute Gasteiger partial charge is 0.494 e. The van der Waals surface area contributed by atoms with Crippen LogP contribution in [0.1, 0.15) is 73.1 Å². The molecule has 3 aromatic carbocycles. The van der Waals surface area contributed by atoms with Crippen LogP contribution in [0.5, 0.6) is 11.5 Å². The Morgan fingerprint density at radius 2 is 1.52 bits per heavy atom. The van der Waals surface area contributed by atoms with Gasteiger partial charge in [0.25, 0.3) is 0 Å². The van der Waals surface area contributed by atoms with Crippen LogP contribution in [0.25, 0.3) is 0 Å². The first kappa shape index (κ1) is 64.3. The van der Waals surface area contributed by atoms with E-state index in [1.165, 1.54) is 11.3 Å². The van der Waals surface area contributed by atoms with Crippen LogP contribution in [-0.4, -0.2) is 182 Å². The smallest absolute Gasteiger partial charge is 0.325 e. The highest BCUT2D eigenvalue weighted by molar-refractivity contribution is 7.14. The van der Waals surface area contributed by atoms with Crippen molar-refractivity contribution in [2.45, 2.75) is 83.3 Å². The molecule has 1 aliphatic heterocycles. The Bertz CT molecular complexity index is 2870. The minimum absolute atomic E-state index is 0.0261. The molecule has 84 heavy (non-hydrogen) atoms. The number of nitrogens with zero attached hydrogens (tertiary/aromatic N) is 8. The average Bonchev–Trinajstić information content (AvgIpc) is 4.27. The monoisotopic (exact) mass is 1170 g/mol. The van der Waals surface area contributed by atoms with E-state index in [4.69, 9.17) is 23.7 Å². The lowest BCUT2D eigenvalue weighted by Crippen LogP contribution is -2.47. The summed E-state index contributed by atoms with van der Waals surface area (Å²) in [5.41, 5.74) is 5.91. The fourth-order valence-corrected chi connectivity index (χ4v) is 10.0. The number of allylic oxidation sites excluding steroid dienone is 2. The van der Waals surface area contributed by atoms with E-state index in [0.29, 0.717) is 121 Å². The molecular formula is C63H85N11O9S. The number of thiazole rings is 1. The second kappa shape index (κ2) is 35.1. The molecule has 3 heterocycles. The molecule has 20 nitrogen and oxygen atoms in total. The van der Waals surface area contributed by atoms with Crippen LogP contribution in [-0.2, 0) is 60.8 Å². The molecule has 0 spiro atoms. The predicted molar refractivity (Wildman–Crippen MR) is 328 cm³/mol. The summed E-state index contributed by atoms with van der Waals surface area (Å²) in [7, 11) is 4.15. The Morgan fingerprint density at radius 1 is 0.798 bits per heavy atom. The SMILES string of the molecule is C=C/C=C(\C=C)CNC(=O)C(c1cccc(CC)c1)N(C(=O)CCc1ccc(OCCCCN(C)CCOCCOCCc2cn(CCOCCOc3ccc(NC(=O)Nc4nc(CC(=O)N5CCN(C)CC5)cs4)cc3)nn2)cc1)C1CC1. The van der Waals surface area contributed by atoms with Crippen LogP contribution in [0, 0.1) is 0 Å². The third-order valence-electron chi connectivity index (χ3n) is 14.4. The van der Waals surface area contributed by atoms with Crippen LogP contribution < -0.4 is 25.4 Å². The lowest BCUT2D eigenvalue weighted by Gasteiger charge is -2.32. The van der Waals surface area contributed by atoms with E-state index >= 15 is 0 Å². The summed E-state index contributed by atoms with van der Waals surface area (Å²) in [5.74, 6) is 1.27. The fraction of sp³-hybridized carbons (Fsp3) is 0.476. The zero-order chi connectivity index (χ0) is 59.3. The molecule has 0 bridgehead atoms. The molecule has 3 N–H and O–H groups in total. The first-order chi connectivity index (χ1) is 41.0. The number of unbranched alkanes of at least 4 members (excludes halogenated alkanes) is 1. The number of hydrogen-bond acceptors (Lipinski definition) is 15. The maximum atomic E-state index is 14.0. The molecule has 7 rings (SSSR count). The van der Waals surface area contributed by atoms with Crippen molar-refractivity contribution in [2.24, 2.45) is 0 Å². The van der Waals surface area contributed by atoms with Gasteiger partial charge >= 0.3 is 6.03 Å². The van der Waals surface area contributed by atoms with Crippen molar-refractivity contribution in [3.63, 3.8) is 0 Å². The van der Waals surface area contributed by atoms with Crippen molar-refractivity contribution >= 4 is 45.9 Å². The van der Waals surface area contributed by atoms with Crippen molar-refractivity contribution in [1.82, 2.24) is 44.9 Å². The highest BCUT2D eigenvalue weighted by Crippen LogP contribution is 2.36. The topological polar surface area (TPSA) is 207 Å². The van der Waals surface area contributed by atoms with Gasteiger partial charge in [0.15, 0.2) is 5.13 Å². The highest BCUT2D eigenvalue weighted by atomic mass is 32.1. The number of nitrogens with one attached hydrogen (secondary N) is 3. The highest BCUT2D eigenvalue weighted by Gasteiger charge is 2.41. The second-order valence-corrected chi connectivity index (χ2v) is 21.8. The van der Waals surface area contributed by atoms with Gasteiger partial charge in [-0.15, -0.1) is 16.4 Å². The summed E-state index contributed by atoms with van der Waals surface area (Å²) in [5, 5.41) is 19.3. The molecule has 2 aliphatic rings. The predicted octanol–water partition coefficient (Wildman–Crippen LogP) is 7.80. The summed E-state index contributed by atoms with van der Waals surface area (Å²) in [6, 6.07) is 21.9. The number of aromatic nitrogens is 4. The Morgan fingerprint density at radius 3 is 2.26 bits per heavy atom. The molecule has 1 saturated heterocycles. The van der Waals surface area contributed by atoms with Crippen molar-refractivity contribution < 1.29 is 42.9 Å². The molecule has 2 fully saturated rings. The number of benzene rings is 3. The summed E-state index contributed by atoms with van der Waals surface area (Å²) >= 11 is 1.28. The van der Waals surface area contributed by atoms with Crippen LogP contribution in [0.2, 0.25) is 0 Å². The van der Waals surface area contributed by atoms with Crippen LogP contribution >= 0.6 is 11.3 Å². The zero-order valence-electron chi connectivity index (χ0n) is 49.2. The van der Waals surface area contributed by atoms with Gasteiger partial charge in [0, 0.05) is 75.4 Å². The maximum Gasteiger partial charge on any atom is 0.325 e. The summed E-state index contributed by atoms with van der Waals surface area (Å²) in [6.07, 6.45) is 13.3. The van der Waals surface area contributed by atoms with Crippen molar-refractivity contribution in [3.8, 4) is 11.5 Å². The van der Waals surface area contributed by atoms with Gasteiger partial charge in [0.2, 0.25) is 17.7 Å². The Hall–Kier alpha value is -7.27. The van der Waals surface area contributed by atoms with E-state index in [1.807, 2.05) is 71.6 Å². The molecule has 5 aromatic rings. The number of carbonyl (C=O) groups excluding carboxylic acids is 4. The van der Waals surface area contributed by atoms with E-state index < -0.39 is 12.1 Å². The fourth-order valence-electron chi connectivity index (χ4n) is 9.31. The summed E-state index contributed by atoms with van der Waals surface area (Å²) in [4.78, 5) is 65.7. The van der Waals surface area contributed by atoms with Crippen molar-refractivity contribution in [1.29, 1.82) is 0 Å². The van der Waals surface area contributed by atoms with Crippen LogP contribution in [0.15, 0.2) is 121 Å². The first-order valence-corrected chi connectivity index (χ1v) is 30.2. The Labute approximate surface area is 499 Å². The minimum atomic E-state index is -0.721. The molecule has 2 aromatic heterocycles. The van der Waals surface area contributed by atoms with Crippen molar-refractivity contribution in [2.75, 3.05) is 123 Å². The molecule has 1 aliphatic carbocycles. The number of anilines is 2. The lowest BCUT2D eigenvalue weighted by molar-refractivity contribution is -0.141. The molecule has 452 valence electrons. The molecule has 1 unspecified atom stereocenters. The first-order valence-electron chi connectivity index (χ1n) is 29.3. The number of aryl methyl sites for hydroxylation is 2. The molecular weight excluding hydrogens is 1090 g/mol. The van der Waals surface area contributed by atoms with Gasteiger partial charge in [-0.3, -0.25) is 19.7 Å². The Kier molecular flexibility index (Phi) is 26.9. The van der Waals surface area contributed by atoms with Gasteiger partial charge in [-0.25, -0.2) is 14.5 Å². The third-order valence-corrected chi connectivity index (χ3v) is 15.2. The van der Waals surface area contributed by atoms with Gasteiger partial charge in [0.1, 0.15) is 24.1 Å².